The zero-order valence-electron chi connectivity index (χ0n) is 11.9. The van der Waals surface area contributed by atoms with Crippen LogP contribution in [0, 0.1) is 0 Å². The molecule has 106 valence electrons. The molecule has 0 aromatic rings. The molecule has 3 atom stereocenters. The highest BCUT2D eigenvalue weighted by atomic mass is 28.4. The number of carbonyl (C=O) groups excluding carboxylic acids is 1. The van der Waals surface area contributed by atoms with E-state index in [1.807, 2.05) is 0 Å². The predicted molar refractivity (Wildman–Crippen MR) is 73.1 cm³/mol. The van der Waals surface area contributed by atoms with E-state index in [0.29, 0.717) is 12.8 Å². The van der Waals surface area contributed by atoms with Gasteiger partial charge in [-0.3, -0.25) is 4.79 Å². The summed E-state index contributed by atoms with van der Waals surface area (Å²) in [5.74, 6) is -0.126. The monoisotopic (exact) mass is 274 g/mol. The van der Waals surface area contributed by atoms with Crippen LogP contribution in [0.15, 0.2) is 0 Å². The molecule has 4 nitrogen and oxygen atoms in total. The number of carbonyl (C=O) groups is 1. The third-order valence-electron chi connectivity index (χ3n) is 4.29. The van der Waals surface area contributed by atoms with Gasteiger partial charge in [0.25, 0.3) is 0 Å². The Morgan fingerprint density at radius 3 is 2.28 bits per heavy atom. The molecule has 0 aliphatic heterocycles. The predicted octanol–water partition coefficient (Wildman–Crippen LogP) is 2.12. The summed E-state index contributed by atoms with van der Waals surface area (Å²) in [6.07, 6.45) is -0.584. The molecule has 1 saturated carbocycles. The van der Waals surface area contributed by atoms with E-state index >= 15 is 0 Å². The van der Waals surface area contributed by atoms with Gasteiger partial charge in [0.15, 0.2) is 14.1 Å². The van der Waals surface area contributed by atoms with Gasteiger partial charge in [0, 0.05) is 13.5 Å². The van der Waals surface area contributed by atoms with E-state index in [1.54, 1.807) is 0 Å². The van der Waals surface area contributed by atoms with Crippen LogP contribution in [0.1, 0.15) is 33.6 Å². The highest BCUT2D eigenvalue weighted by Gasteiger charge is 2.42. The first-order valence-electron chi connectivity index (χ1n) is 6.95. The second kappa shape index (κ2) is 6.80. The van der Waals surface area contributed by atoms with Gasteiger partial charge >= 0.3 is 0 Å². The van der Waals surface area contributed by atoms with Crippen LogP contribution < -0.4 is 0 Å². The van der Waals surface area contributed by atoms with E-state index in [2.05, 4.69) is 20.8 Å². The highest BCUT2D eigenvalue weighted by molar-refractivity contribution is 6.73. The fraction of sp³-hybridized carbons (Fsp3) is 0.923. The molecular weight excluding hydrogens is 248 g/mol. The zero-order chi connectivity index (χ0) is 13.8. The van der Waals surface area contributed by atoms with Gasteiger partial charge in [-0.05, 0) is 24.6 Å². The molecule has 0 aromatic carbocycles. The van der Waals surface area contributed by atoms with Crippen molar-refractivity contribution in [2.24, 2.45) is 0 Å². The molecule has 0 unspecified atom stereocenters. The summed E-state index contributed by atoms with van der Waals surface area (Å²) in [4.78, 5) is 11.5. The van der Waals surface area contributed by atoms with Crippen LogP contribution in [0.25, 0.3) is 0 Å². The number of methoxy groups -OCH3 is 1. The van der Waals surface area contributed by atoms with Crippen molar-refractivity contribution in [2.45, 2.75) is 70.1 Å². The summed E-state index contributed by atoms with van der Waals surface area (Å²) < 4.78 is 11.6. The summed E-state index contributed by atoms with van der Waals surface area (Å²) in [5, 5.41) is 9.88. The maximum Gasteiger partial charge on any atom is 0.192 e. The normalized spacial score (nSPS) is 29.6. The quantitative estimate of drug-likeness (QED) is 0.754. The van der Waals surface area contributed by atoms with E-state index < -0.39 is 20.5 Å². The SMILES string of the molecule is CC[Si](CC)(CC)O[C@@H]1CCC(=O)[C@@H](O)[C@@H]1OC. The molecule has 5 heteroatoms. The molecule has 0 amide bonds. The van der Waals surface area contributed by atoms with Crippen molar-refractivity contribution in [2.75, 3.05) is 7.11 Å². The molecule has 0 spiro atoms. The number of hydrogen-bond acceptors (Lipinski definition) is 4. The average Bonchev–Trinajstić information content (AvgIpc) is 2.40. The Bertz CT molecular complexity index is 270. The first kappa shape index (κ1) is 15.8. The maximum atomic E-state index is 11.5. The first-order chi connectivity index (χ1) is 8.53. The largest absolute Gasteiger partial charge is 0.411 e. The van der Waals surface area contributed by atoms with E-state index in [-0.39, 0.29) is 11.9 Å². The van der Waals surface area contributed by atoms with Crippen LogP contribution in [0.5, 0.6) is 0 Å². The topological polar surface area (TPSA) is 55.8 Å². The molecule has 0 bridgehead atoms. The van der Waals surface area contributed by atoms with Crippen molar-refractivity contribution in [3.8, 4) is 0 Å². The lowest BCUT2D eigenvalue weighted by molar-refractivity contribution is -0.149. The number of aliphatic hydroxyl groups is 1. The molecule has 0 aromatic heterocycles. The minimum atomic E-state index is -1.72. The summed E-state index contributed by atoms with van der Waals surface area (Å²) in [5.41, 5.74) is 0. The molecule has 0 heterocycles. The second-order valence-corrected chi connectivity index (χ2v) is 9.77. The van der Waals surface area contributed by atoms with Crippen LogP contribution in [0.4, 0.5) is 0 Å². The van der Waals surface area contributed by atoms with Gasteiger partial charge in [0.1, 0.15) is 12.2 Å². The lowest BCUT2D eigenvalue weighted by atomic mass is 9.91. The number of rotatable bonds is 6. The number of hydrogen-bond donors (Lipinski definition) is 1. The van der Waals surface area contributed by atoms with Crippen LogP contribution in [-0.4, -0.2) is 44.6 Å². The van der Waals surface area contributed by atoms with E-state index in [4.69, 9.17) is 9.16 Å². The average molecular weight is 274 g/mol. The molecule has 0 radical (unpaired) electrons. The van der Waals surface area contributed by atoms with E-state index in [9.17, 15) is 9.90 Å². The van der Waals surface area contributed by atoms with Crippen LogP contribution in [-0.2, 0) is 14.0 Å². The molecule has 1 N–H and O–H groups in total. The fourth-order valence-corrected chi connectivity index (χ4v) is 5.61. The molecule has 1 aliphatic carbocycles. The molecule has 18 heavy (non-hydrogen) atoms. The maximum absolute atomic E-state index is 11.5. The van der Waals surface area contributed by atoms with Gasteiger partial charge in [-0.25, -0.2) is 0 Å². The van der Waals surface area contributed by atoms with Crippen LogP contribution in [0.3, 0.4) is 0 Å². The zero-order valence-corrected chi connectivity index (χ0v) is 12.9. The number of ketones is 1. The molecular formula is C13H26O4Si. The lowest BCUT2D eigenvalue weighted by Crippen LogP contribution is -2.53. The number of ether oxygens (including phenoxy) is 1. The van der Waals surface area contributed by atoms with Crippen molar-refractivity contribution in [1.82, 2.24) is 0 Å². The van der Waals surface area contributed by atoms with Gasteiger partial charge in [-0.15, -0.1) is 0 Å². The third-order valence-corrected chi connectivity index (χ3v) is 8.96. The molecule has 1 aliphatic rings. The van der Waals surface area contributed by atoms with Crippen molar-refractivity contribution in [3.63, 3.8) is 0 Å². The number of Topliss-reactive ketones (excluding diaryl/α,β-unsaturated/α-hetero) is 1. The Labute approximate surface area is 111 Å². The van der Waals surface area contributed by atoms with Gasteiger partial charge in [-0.1, -0.05) is 20.8 Å². The molecule has 1 fully saturated rings. The van der Waals surface area contributed by atoms with Crippen molar-refractivity contribution >= 4 is 14.1 Å². The lowest BCUT2D eigenvalue weighted by Gasteiger charge is -2.40. The first-order valence-corrected chi connectivity index (χ1v) is 9.47. The highest BCUT2D eigenvalue weighted by Crippen LogP contribution is 2.30. The summed E-state index contributed by atoms with van der Waals surface area (Å²) in [6, 6.07) is 3.20. The Balaban J connectivity index is 2.78. The summed E-state index contributed by atoms with van der Waals surface area (Å²) >= 11 is 0. The molecule has 0 saturated heterocycles. The Morgan fingerprint density at radius 2 is 1.83 bits per heavy atom. The Morgan fingerprint density at radius 1 is 1.28 bits per heavy atom. The summed E-state index contributed by atoms with van der Waals surface area (Å²) in [7, 11) is -0.179. The smallest absolute Gasteiger partial charge is 0.192 e. The van der Waals surface area contributed by atoms with Crippen molar-refractivity contribution < 1.29 is 19.1 Å². The Hall–Kier alpha value is -0.233. The van der Waals surface area contributed by atoms with Gasteiger partial charge < -0.3 is 14.3 Å². The van der Waals surface area contributed by atoms with Crippen LogP contribution in [0.2, 0.25) is 18.1 Å². The van der Waals surface area contributed by atoms with Crippen molar-refractivity contribution in [1.29, 1.82) is 0 Å². The third kappa shape index (κ3) is 3.20. The fourth-order valence-electron chi connectivity index (χ4n) is 2.71. The van der Waals surface area contributed by atoms with Crippen LogP contribution >= 0.6 is 0 Å². The number of aliphatic hydroxyl groups excluding tert-OH is 1. The van der Waals surface area contributed by atoms with E-state index in [1.165, 1.54) is 7.11 Å². The van der Waals surface area contributed by atoms with Crippen molar-refractivity contribution in [3.05, 3.63) is 0 Å². The van der Waals surface area contributed by atoms with Gasteiger partial charge in [0.2, 0.25) is 0 Å². The molecule has 1 rings (SSSR count). The van der Waals surface area contributed by atoms with Gasteiger partial charge in [-0.2, -0.15) is 0 Å². The Kier molecular flexibility index (Phi) is 5.97. The second-order valence-electron chi connectivity index (χ2n) is 5.05. The van der Waals surface area contributed by atoms with E-state index in [0.717, 1.165) is 18.1 Å². The van der Waals surface area contributed by atoms with Gasteiger partial charge in [0.05, 0.1) is 6.10 Å². The minimum Gasteiger partial charge on any atom is -0.411 e. The minimum absolute atomic E-state index is 0.126. The summed E-state index contributed by atoms with van der Waals surface area (Å²) in [6.45, 7) is 6.52. The standard InChI is InChI=1S/C13H26O4Si/c1-5-18(6-2,7-3)17-11-9-8-10(14)12(15)13(11)16-4/h11-13,15H,5-9H2,1-4H3/t11-,12-,13-/m1/s1.